The lowest BCUT2D eigenvalue weighted by molar-refractivity contribution is -0.137. The van der Waals surface area contributed by atoms with E-state index in [9.17, 15) is 30.8 Å². The number of sulfone groups is 1. The molecule has 2 fully saturated rings. The van der Waals surface area contributed by atoms with Crippen LogP contribution in [0.4, 0.5) is 29.1 Å². The summed E-state index contributed by atoms with van der Waals surface area (Å²) in [6, 6.07) is 3.56. The van der Waals surface area contributed by atoms with Crippen LogP contribution in [0.15, 0.2) is 35.4 Å². The predicted molar refractivity (Wildman–Crippen MR) is 132 cm³/mol. The maximum Gasteiger partial charge on any atom is 0.417 e. The van der Waals surface area contributed by atoms with Crippen molar-refractivity contribution in [3.8, 4) is 0 Å². The van der Waals surface area contributed by atoms with Gasteiger partial charge in [-0.15, -0.1) is 0 Å². The topological polar surface area (TPSA) is 82.6 Å². The molecule has 2 aliphatic rings. The zero-order chi connectivity index (χ0) is 27.3. The maximum atomic E-state index is 14.5. The fraction of sp³-hybridized carbons (Fsp3) is 0.500. The van der Waals surface area contributed by atoms with E-state index in [4.69, 9.17) is 11.6 Å². The molecule has 0 bridgehead atoms. The number of amides is 1. The van der Waals surface area contributed by atoms with E-state index < -0.39 is 38.9 Å². The van der Waals surface area contributed by atoms with Gasteiger partial charge in [-0.3, -0.25) is 4.79 Å². The van der Waals surface area contributed by atoms with Crippen molar-refractivity contribution in [2.75, 3.05) is 36.1 Å². The summed E-state index contributed by atoms with van der Waals surface area (Å²) in [7, 11) is -3.56. The summed E-state index contributed by atoms with van der Waals surface area (Å²) in [6.07, 6.45) is -1.80. The Balaban J connectivity index is 1.45. The molecule has 0 saturated carbocycles. The Kier molecular flexibility index (Phi) is 7.13. The highest BCUT2D eigenvalue weighted by molar-refractivity contribution is 7.90. The molecule has 1 amide bonds. The van der Waals surface area contributed by atoms with E-state index in [1.165, 1.54) is 12.1 Å². The van der Waals surface area contributed by atoms with Crippen molar-refractivity contribution >= 4 is 38.9 Å². The van der Waals surface area contributed by atoms with Gasteiger partial charge in [-0.05, 0) is 37.1 Å². The van der Waals surface area contributed by atoms with Gasteiger partial charge in [0.1, 0.15) is 17.7 Å². The largest absolute Gasteiger partial charge is 0.417 e. The van der Waals surface area contributed by atoms with Gasteiger partial charge in [-0.1, -0.05) is 25.4 Å². The monoisotopic (exact) mass is 562 g/mol. The minimum absolute atomic E-state index is 0.0460. The first-order valence-electron chi connectivity index (χ1n) is 11.6. The van der Waals surface area contributed by atoms with E-state index in [0.717, 1.165) is 24.6 Å². The summed E-state index contributed by atoms with van der Waals surface area (Å²) in [5, 5.41) is 2.81. The van der Waals surface area contributed by atoms with Gasteiger partial charge in [0.25, 0.3) is 0 Å². The van der Waals surface area contributed by atoms with Gasteiger partial charge >= 0.3 is 6.18 Å². The number of nitrogens with one attached hydrogen (secondary N) is 1. The number of hydrogen-bond acceptors (Lipinski definition) is 6. The molecular weight excluding hydrogens is 536 g/mol. The number of benzene rings is 1. The highest BCUT2D eigenvalue weighted by Crippen LogP contribution is 2.40. The van der Waals surface area contributed by atoms with Crippen LogP contribution in [0.1, 0.15) is 32.3 Å². The number of carbonyl (C=O) groups is 1. The average Bonchev–Trinajstić information content (AvgIpc) is 3.12. The molecular formula is C24H27ClF4N4O3S. The Morgan fingerprint density at radius 1 is 1.16 bits per heavy atom. The summed E-state index contributed by atoms with van der Waals surface area (Å²) in [5.41, 5.74) is -1.32. The molecule has 3 heterocycles. The van der Waals surface area contributed by atoms with Gasteiger partial charge in [0.2, 0.25) is 5.91 Å². The normalized spacial score (nSPS) is 22.4. The van der Waals surface area contributed by atoms with Gasteiger partial charge in [0.05, 0.1) is 21.2 Å². The van der Waals surface area contributed by atoms with Crippen LogP contribution in [0.2, 0.25) is 5.02 Å². The van der Waals surface area contributed by atoms with E-state index >= 15 is 0 Å². The molecule has 0 radical (unpaired) electrons. The highest BCUT2D eigenvalue weighted by atomic mass is 35.5. The van der Waals surface area contributed by atoms with Crippen molar-refractivity contribution < 1.29 is 30.8 Å². The second-order valence-electron chi connectivity index (χ2n) is 10.2. The summed E-state index contributed by atoms with van der Waals surface area (Å²) in [4.78, 5) is 20.7. The Hall–Kier alpha value is -2.60. The van der Waals surface area contributed by atoms with Gasteiger partial charge in [0.15, 0.2) is 9.84 Å². The van der Waals surface area contributed by atoms with Crippen LogP contribution in [0.5, 0.6) is 0 Å². The lowest BCUT2D eigenvalue weighted by Crippen LogP contribution is -2.57. The van der Waals surface area contributed by atoms with Gasteiger partial charge in [-0.25, -0.2) is 17.8 Å². The first-order chi connectivity index (χ1) is 17.1. The number of piperidine rings is 1. The minimum Gasteiger partial charge on any atom is -0.371 e. The molecule has 0 spiro atoms. The number of anilines is 2. The Morgan fingerprint density at radius 2 is 1.86 bits per heavy atom. The molecule has 4 rings (SSSR count). The number of nitrogens with zero attached hydrogens (tertiary/aromatic N) is 3. The molecule has 37 heavy (non-hydrogen) atoms. The number of aromatic nitrogens is 1. The maximum absolute atomic E-state index is 14.5. The van der Waals surface area contributed by atoms with Crippen molar-refractivity contribution in [1.29, 1.82) is 0 Å². The van der Waals surface area contributed by atoms with E-state index in [2.05, 4.69) is 10.3 Å². The molecule has 2 saturated heterocycles. The van der Waals surface area contributed by atoms with Crippen LogP contribution in [-0.2, 0) is 20.8 Å². The molecule has 2 atom stereocenters. The molecule has 2 aromatic rings. The lowest BCUT2D eigenvalue weighted by atomic mass is 9.78. The Labute approximate surface area is 217 Å². The number of likely N-dealkylation sites (tertiary alicyclic amines) is 1. The molecule has 1 aromatic carbocycles. The number of rotatable bonds is 5. The summed E-state index contributed by atoms with van der Waals surface area (Å²) in [5.74, 6) is -0.686. The quantitative estimate of drug-likeness (QED) is 0.536. The molecule has 2 aliphatic heterocycles. The summed E-state index contributed by atoms with van der Waals surface area (Å²) < 4.78 is 76.8. The van der Waals surface area contributed by atoms with E-state index in [-0.39, 0.29) is 33.4 Å². The lowest BCUT2D eigenvalue weighted by Gasteiger charge is -2.48. The third-order valence-electron chi connectivity index (χ3n) is 6.94. The summed E-state index contributed by atoms with van der Waals surface area (Å²) in [6.45, 7) is 5.25. The fourth-order valence-electron chi connectivity index (χ4n) is 5.10. The van der Waals surface area contributed by atoms with Gasteiger partial charge in [-0.2, -0.15) is 13.2 Å². The van der Waals surface area contributed by atoms with Crippen LogP contribution < -0.4 is 10.2 Å². The van der Waals surface area contributed by atoms with Crippen molar-refractivity contribution in [2.24, 2.45) is 5.41 Å². The number of carbonyl (C=O) groups excluding carboxylic acids is 1. The number of halogens is 5. The van der Waals surface area contributed by atoms with Gasteiger partial charge < -0.3 is 15.1 Å². The van der Waals surface area contributed by atoms with E-state index in [1.807, 2.05) is 18.7 Å². The second-order valence-corrected chi connectivity index (χ2v) is 12.6. The van der Waals surface area contributed by atoms with Crippen molar-refractivity contribution in [3.63, 3.8) is 0 Å². The number of pyridine rings is 1. The van der Waals surface area contributed by atoms with E-state index in [0.29, 0.717) is 32.5 Å². The Morgan fingerprint density at radius 3 is 2.43 bits per heavy atom. The minimum atomic E-state index is -4.54. The van der Waals surface area contributed by atoms with Crippen LogP contribution >= 0.6 is 11.6 Å². The van der Waals surface area contributed by atoms with Crippen LogP contribution in [0.25, 0.3) is 0 Å². The van der Waals surface area contributed by atoms with E-state index in [1.54, 1.807) is 4.90 Å². The fourth-order valence-corrected chi connectivity index (χ4v) is 6.02. The molecule has 202 valence electrons. The molecule has 7 nitrogen and oxygen atoms in total. The first-order valence-corrected chi connectivity index (χ1v) is 13.9. The van der Waals surface area contributed by atoms with Crippen molar-refractivity contribution in [1.82, 2.24) is 9.88 Å². The first kappa shape index (κ1) is 27.4. The van der Waals surface area contributed by atoms with Gasteiger partial charge in [0, 0.05) is 43.5 Å². The molecule has 13 heteroatoms. The van der Waals surface area contributed by atoms with Crippen molar-refractivity contribution in [2.45, 2.75) is 49.8 Å². The smallest absolute Gasteiger partial charge is 0.371 e. The average molecular weight is 563 g/mol. The number of alkyl halides is 3. The van der Waals surface area contributed by atoms with Crippen LogP contribution in [0.3, 0.4) is 0 Å². The standard InChI is InChI=1S/C24H27ClF4N4O3S/c1-23(2)13-32(21-16(25)10-14(12-30-21)24(27,28)29)8-7-20(23)33-9-6-19(22(33)34)31-18-5-4-15(11-17(18)26)37(3,35)36/h4-5,10-12,19-20,31H,6-9,13H2,1-3H3. The second kappa shape index (κ2) is 9.61. The van der Waals surface area contributed by atoms with Crippen LogP contribution in [0, 0.1) is 11.2 Å². The predicted octanol–water partition coefficient (Wildman–Crippen LogP) is 4.61. The van der Waals surface area contributed by atoms with Crippen LogP contribution in [-0.4, -0.2) is 62.2 Å². The zero-order valence-electron chi connectivity index (χ0n) is 20.4. The number of hydrogen-bond donors (Lipinski definition) is 1. The SMILES string of the molecule is CC1(C)CN(c2ncc(C(F)(F)F)cc2Cl)CCC1N1CCC(Nc2ccc(S(C)(=O)=O)cc2F)C1=O. The molecule has 0 aliphatic carbocycles. The third kappa shape index (κ3) is 5.64. The molecule has 2 unspecified atom stereocenters. The summed E-state index contributed by atoms with van der Waals surface area (Å²) >= 11 is 6.15. The zero-order valence-corrected chi connectivity index (χ0v) is 22.0. The molecule has 1 aromatic heterocycles. The third-order valence-corrected chi connectivity index (χ3v) is 8.32. The highest BCUT2D eigenvalue weighted by Gasteiger charge is 2.45. The van der Waals surface area contributed by atoms with Crippen molar-refractivity contribution in [3.05, 3.63) is 46.9 Å². The molecule has 1 N–H and O–H groups in total. The Bertz CT molecular complexity index is 1320.